The van der Waals surface area contributed by atoms with Crippen LogP contribution >= 0.6 is 0 Å². The van der Waals surface area contributed by atoms with Gasteiger partial charge in [0.2, 0.25) is 0 Å². The van der Waals surface area contributed by atoms with E-state index in [2.05, 4.69) is 20.3 Å². The summed E-state index contributed by atoms with van der Waals surface area (Å²) < 4.78 is 45.2. The van der Waals surface area contributed by atoms with E-state index in [-0.39, 0.29) is 23.3 Å². The summed E-state index contributed by atoms with van der Waals surface area (Å²) in [7, 11) is 1.86. The number of Topliss-reactive ketones (excluding diaryl/α,β-unsaturated/α-hetero) is 1. The van der Waals surface area contributed by atoms with Crippen LogP contribution in [0.2, 0.25) is 0 Å². The second kappa shape index (κ2) is 11.4. The van der Waals surface area contributed by atoms with E-state index >= 15 is 0 Å². The van der Waals surface area contributed by atoms with Gasteiger partial charge in [-0.25, -0.2) is 4.68 Å². The van der Waals surface area contributed by atoms with Gasteiger partial charge in [0.25, 0.3) is 0 Å². The fourth-order valence-electron chi connectivity index (χ4n) is 5.29. The lowest BCUT2D eigenvalue weighted by Gasteiger charge is -2.17. The molecule has 0 aliphatic carbocycles. The molecule has 0 bridgehead atoms. The van der Waals surface area contributed by atoms with E-state index < -0.39 is 11.7 Å². The number of ketones is 1. The third-order valence-corrected chi connectivity index (χ3v) is 7.75. The zero-order valence-electron chi connectivity index (χ0n) is 23.0. The van der Waals surface area contributed by atoms with Crippen LogP contribution in [0, 0.1) is 13.8 Å². The molecule has 0 spiro atoms. The summed E-state index contributed by atoms with van der Waals surface area (Å²) in [4.78, 5) is 15.4. The van der Waals surface area contributed by atoms with E-state index in [1.54, 1.807) is 21.8 Å². The molecule has 0 N–H and O–H groups in total. The van der Waals surface area contributed by atoms with Crippen molar-refractivity contribution in [1.29, 1.82) is 0 Å². The molecule has 210 valence electrons. The molecule has 10 heteroatoms. The second-order valence-corrected chi connectivity index (χ2v) is 10.6. The third-order valence-electron chi connectivity index (χ3n) is 7.75. The second-order valence-electron chi connectivity index (χ2n) is 10.6. The molecule has 2 aromatic heterocycles. The minimum absolute atomic E-state index is 0.0256. The van der Waals surface area contributed by atoms with Crippen molar-refractivity contribution < 1.29 is 18.0 Å². The van der Waals surface area contributed by atoms with Crippen molar-refractivity contribution in [2.45, 2.75) is 52.1 Å². The Labute approximate surface area is 231 Å². The number of aromatic nitrogens is 5. The number of carbonyl (C=O) groups excluding carboxylic acids is 1. The van der Waals surface area contributed by atoms with E-state index in [1.807, 2.05) is 39.1 Å². The quantitative estimate of drug-likeness (QED) is 0.248. The first-order valence-corrected chi connectivity index (χ1v) is 13.6. The van der Waals surface area contributed by atoms with Gasteiger partial charge < -0.3 is 4.90 Å². The first-order chi connectivity index (χ1) is 19.1. The Hall–Kier alpha value is -3.79. The summed E-state index contributed by atoms with van der Waals surface area (Å²) in [5, 5.41) is 12.8. The highest BCUT2D eigenvalue weighted by atomic mass is 19.4. The smallest absolute Gasteiger partial charge is 0.303 e. The molecule has 5 rings (SSSR count). The van der Waals surface area contributed by atoms with Crippen LogP contribution in [0.25, 0.3) is 16.9 Å². The Morgan fingerprint density at radius 1 is 1.05 bits per heavy atom. The number of halogens is 3. The number of benzene rings is 2. The standard InChI is InChI=1S/C30H33F3N6O/c1-20-8-9-22(15-28(20)39-19-27(35-36-39)25-18-34-37(3)21(25)2)16-29(40)24-11-10-23(26(17-24)30(31,32)33)7-6-14-38-12-4-5-13-38/h8-11,15,17-19H,4-7,12-14,16H2,1-3H3. The van der Waals surface area contributed by atoms with Gasteiger partial charge in [0, 0.05) is 30.3 Å². The highest BCUT2D eigenvalue weighted by molar-refractivity contribution is 5.97. The van der Waals surface area contributed by atoms with E-state index in [0.29, 0.717) is 24.1 Å². The van der Waals surface area contributed by atoms with Gasteiger partial charge in [0.1, 0.15) is 5.69 Å². The molecule has 0 atom stereocenters. The van der Waals surface area contributed by atoms with Crippen molar-refractivity contribution in [3.8, 4) is 16.9 Å². The highest BCUT2D eigenvalue weighted by Gasteiger charge is 2.34. The minimum atomic E-state index is -4.52. The van der Waals surface area contributed by atoms with Gasteiger partial charge in [0.15, 0.2) is 5.78 Å². The molecule has 3 heterocycles. The lowest BCUT2D eigenvalue weighted by molar-refractivity contribution is -0.138. The van der Waals surface area contributed by atoms with Crippen LogP contribution in [0.4, 0.5) is 13.2 Å². The summed E-state index contributed by atoms with van der Waals surface area (Å²) in [6.07, 6.45) is 2.29. The predicted octanol–water partition coefficient (Wildman–Crippen LogP) is 5.76. The molecule has 1 saturated heterocycles. The Morgan fingerprint density at radius 2 is 1.82 bits per heavy atom. The number of likely N-dealkylation sites (tertiary alicyclic amines) is 1. The molecule has 40 heavy (non-hydrogen) atoms. The molecular weight excluding hydrogens is 517 g/mol. The van der Waals surface area contributed by atoms with Gasteiger partial charge in [-0.05, 0) is 88.0 Å². The monoisotopic (exact) mass is 550 g/mol. The summed E-state index contributed by atoms with van der Waals surface area (Å²) >= 11 is 0. The Balaban J connectivity index is 1.33. The average molecular weight is 551 g/mol. The van der Waals surface area contributed by atoms with Gasteiger partial charge in [-0.1, -0.05) is 29.5 Å². The lowest BCUT2D eigenvalue weighted by atomic mass is 9.95. The van der Waals surface area contributed by atoms with Crippen molar-refractivity contribution in [3.05, 3.63) is 82.3 Å². The fraction of sp³-hybridized carbons (Fsp3) is 0.400. The Morgan fingerprint density at radius 3 is 2.52 bits per heavy atom. The molecule has 7 nitrogen and oxygen atoms in total. The van der Waals surface area contributed by atoms with Crippen molar-refractivity contribution in [2.24, 2.45) is 7.05 Å². The number of aryl methyl sites for hydroxylation is 3. The minimum Gasteiger partial charge on any atom is -0.303 e. The van der Waals surface area contributed by atoms with Crippen LogP contribution in [0.1, 0.15) is 57.6 Å². The first-order valence-electron chi connectivity index (χ1n) is 13.6. The summed E-state index contributed by atoms with van der Waals surface area (Å²) in [6.45, 7) is 6.70. The van der Waals surface area contributed by atoms with Gasteiger partial charge in [-0.2, -0.15) is 18.3 Å². The van der Waals surface area contributed by atoms with Crippen LogP contribution in [-0.4, -0.2) is 55.1 Å². The Kier molecular flexibility index (Phi) is 7.89. The first kappa shape index (κ1) is 27.8. The molecular formula is C30H33F3N6O. The SMILES string of the molecule is Cc1ccc(CC(=O)c2ccc(CCCN3CCCC3)c(C(F)(F)F)c2)cc1-n1cc(-c2cnn(C)c2C)nn1. The average Bonchev–Trinajstić information content (AvgIpc) is 3.68. The number of carbonyl (C=O) groups is 1. The van der Waals surface area contributed by atoms with Crippen LogP contribution < -0.4 is 0 Å². The molecule has 1 aliphatic rings. The van der Waals surface area contributed by atoms with Crippen LogP contribution in [-0.2, 0) is 26.1 Å². The highest BCUT2D eigenvalue weighted by Crippen LogP contribution is 2.34. The fourth-order valence-corrected chi connectivity index (χ4v) is 5.29. The van der Waals surface area contributed by atoms with Crippen molar-refractivity contribution in [1.82, 2.24) is 29.7 Å². The van der Waals surface area contributed by atoms with Crippen LogP contribution in [0.5, 0.6) is 0 Å². The van der Waals surface area contributed by atoms with Crippen molar-refractivity contribution in [2.75, 3.05) is 19.6 Å². The predicted molar refractivity (Wildman–Crippen MR) is 147 cm³/mol. The molecule has 0 saturated carbocycles. The molecule has 1 fully saturated rings. The number of rotatable bonds is 9. The summed E-state index contributed by atoms with van der Waals surface area (Å²) in [5.74, 6) is -0.366. The van der Waals surface area contributed by atoms with Crippen LogP contribution in [0.3, 0.4) is 0 Å². The van der Waals surface area contributed by atoms with Gasteiger partial charge >= 0.3 is 6.18 Å². The van der Waals surface area contributed by atoms with E-state index in [0.717, 1.165) is 61.1 Å². The largest absolute Gasteiger partial charge is 0.416 e. The lowest BCUT2D eigenvalue weighted by Crippen LogP contribution is -2.21. The van der Waals surface area contributed by atoms with Gasteiger partial charge in [0.05, 0.1) is 23.6 Å². The molecule has 1 aliphatic heterocycles. The number of hydrogen-bond acceptors (Lipinski definition) is 5. The van der Waals surface area contributed by atoms with E-state index in [4.69, 9.17) is 0 Å². The van der Waals surface area contributed by atoms with Crippen LogP contribution in [0.15, 0.2) is 48.8 Å². The molecule has 0 unspecified atom stereocenters. The molecule has 0 amide bonds. The van der Waals surface area contributed by atoms with Gasteiger partial charge in [-0.3, -0.25) is 9.48 Å². The number of alkyl halides is 3. The summed E-state index contributed by atoms with van der Waals surface area (Å²) in [6, 6.07) is 9.54. The van der Waals surface area contributed by atoms with E-state index in [9.17, 15) is 18.0 Å². The zero-order chi connectivity index (χ0) is 28.4. The topological polar surface area (TPSA) is 68.8 Å². The zero-order valence-corrected chi connectivity index (χ0v) is 23.0. The normalized spacial score (nSPS) is 14.2. The van der Waals surface area contributed by atoms with Crippen molar-refractivity contribution >= 4 is 5.78 Å². The van der Waals surface area contributed by atoms with Crippen molar-refractivity contribution in [3.63, 3.8) is 0 Å². The summed E-state index contributed by atoms with van der Waals surface area (Å²) in [5.41, 5.74) is 4.44. The molecule has 4 aromatic rings. The van der Waals surface area contributed by atoms with Gasteiger partial charge in [-0.15, -0.1) is 5.10 Å². The Bertz CT molecular complexity index is 1510. The maximum Gasteiger partial charge on any atom is 0.416 e. The maximum absolute atomic E-state index is 13.9. The molecule has 2 aromatic carbocycles. The van der Waals surface area contributed by atoms with E-state index in [1.165, 1.54) is 12.1 Å². The number of hydrogen-bond donors (Lipinski definition) is 0. The molecule has 0 radical (unpaired) electrons. The number of nitrogens with zero attached hydrogens (tertiary/aromatic N) is 6. The third kappa shape index (κ3) is 6.01. The maximum atomic E-state index is 13.9.